The summed E-state index contributed by atoms with van der Waals surface area (Å²) in [5.41, 5.74) is 0.611. The summed E-state index contributed by atoms with van der Waals surface area (Å²) in [6, 6.07) is 6.11. The van der Waals surface area contributed by atoms with E-state index in [2.05, 4.69) is 5.32 Å². The number of anilines is 1. The first-order valence-electron chi connectivity index (χ1n) is 5.17. The average Bonchev–Trinajstić information content (AvgIpc) is 2.29. The fraction of sp³-hybridized carbons (Fsp3) is 0.333. The normalized spacial score (nSPS) is 11.9. The number of hydrogen-bond donors (Lipinski definition) is 2. The largest absolute Gasteiger partial charge is 0.478 e. The smallest absolute Gasteiger partial charge is 0.335 e. The molecule has 0 radical (unpaired) electrons. The third-order valence-electron chi connectivity index (χ3n) is 2.24. The third-order valence-corrected chi connectivity index (χ3v) is 2.24. The van der Waals surface area contributed by atoms with Gasteiger partial charge in [0.15, 0.2) is 0 Å². The second-order valence-corrected chi connectivity index (χ2v) is 3.73. The van der Waals surface area contributed by atoms with Crippen LogP contribution in [0, 0.1) is 5.92 Å². The number of carboxylic acid groups (broad SMARTS) is 1. The van der Waals surface area contributed by atoms with Gasteiger partial charge < -0.3 is 15.2 Å². The number of rotatable bonds is 5. The zero-order valence-electron chi connectivity index (χ0n) is 9.77. The molecule has 0 saturated carbocycles. The van der Waals surface area contributed by atoms with Gasteiger partial charge in [0.25, 0.3) is 0 Å². The average molecular weight is 237 g/mol. The Morgan fingerprint density at radius 3 is 2.76 bits per heavy atom. The number of carbonyl (C=O) groups excluding carboxylic acids is 1. The number of carbonyl (C=O) groups is 2. The Bertz CT molecular complexity index is 417. The van der Waals surface area contributed by atoms with Gasteiger partial charge in [0.2, 0.25) is 5.91 Å². The van der Waals surface area contributed by atoms with Crippen LogP contribution in [-0.2, 0) is 9.53 Å². The van der Waals surface area contributed by atoms with Crippen LogP contribution in [0.3, 0.4) is 0 Å². The second-order valence-electron chi connectivity index (χ2n) is 3.73. The van der Waals surface area contributed by atoms with Gasteiger partial charge >= 0.3 is 5.97 Å². The lowest BCUT2D eigenvalue weighted by Crippen LogP contribution is -2.23. The van der Waals surface area contributed by atoms with E-state index in [1.54, 1.807) is 19.1 Å². The third kappa shape index (κ3) is 3.88. The van der Waals surface area contributed by atoms with Crippen LogP contribution < -0.4 is 5.32 Å². The molecular weight excluding hydrogens is 222 g/mol. The molecule has 0 spiro atoms. The van der Waals surface area contributed by atoms with Gasteiger partial charge in [-0.25, -0.2) is 4.79 Å². The van der Waals surface area contributed by atoms with E-state index in [9.17, 15) is 9.59 Å². The summed E-state index contributed by atoms with van der Waals surface area (Å²) in [6.07, 6.45) is 0. The highest BCUT2D eigenvalue weighted by molar-refractivity contribution is 5.94. The Hall–Kier alpha value is -1.88. The van der Waals surface area contributed by atoms with Gasteiger partial charge in [-0.05, 0) is 18.2 Å². The number of methoxy groups -OCH3 is 1. The van der Waals surface area contributed by atoms with Crippen LogP contribution in [0.15, 0.2) is 24.3 Å². The minimum Gasteiger partial charge on any atom is -0.478 e. The van der Waals surface area contributed by atoms with Gasteiger partial charge in [-0.2, -0.15) is 0 Å². The van der Waals surface area contributed by atoms with Crippen molar-refractivity contribution in [3.8, 4) is 0 Å². The van der Waals surface area contributed by atoms with Crippen molar-refractivity contribution >= 4 is 17.6 Å². The van der Waals surface area contributed by atoms with Gasteiger partial charge in [-0.3, -0.25) is 4.79 Å². The lowest BCUT2D eigenvalue weighted by molar-refractivity contribution is -0.120. The highest BCUT2D eigenvalue weighted by Gasteiger charge is 2.13. The van der Waals surface area contributed by atoms with E-state index < -0.39 is 5.97 Å². The number of amides is 1. The molecule has 1 aromatic rings. The van der Waals surface area contributed by atoms with Gasteiger partial charge in [0.05, 0.1) is 18.1 Å². The molecule has 92 valence electrons. The van der Waals surface area contributed by atoms with Gasteiger partial charge in [-0.1, -0.05) is 13.0 Å². The van der Waals surface area contributed by atoms with E-state index in [4.69, 9.17) is 9.84 Å². The monoisotopic (exact) mass is 237 g/mol. The first-order chi connectivity index (χ1) is 8.04. The van der Waals surface area contributed by atoms with E-state index in [0.29, 0.717) is 12.3 Å². The maximum Gasteiger partial charge on any atom is 0.335 e. The molecule has 0 aliphatic rings. The number of nitrogens with one attached hydrogen (secondary N) is 1. The molecule has 1 rings (SSSR count). The Kier molecular flexibility index (Phi) is 4.66. The van der Waals surface area contributed by atoms with Crippen molar-refractivity contribution in [2.75, 3.05) is 19.0 Å². The molecule has 0 bridgehead atoms. The van der Waals surface area contributed by atoms with Crippen LogP contribution in [0.1, 0.15) is 17.3 Å². The van der Waals surface area contributed by atoms with Gasteiger partial charge in [-0.15, -0.1) is 0 Å². The summed E-state index contributed by atoms with van der Waals surface area (Å²) in [4.78, 5) is 22.4. The Balaban J connectivity index is 2.71. The SMILES string of the molecule is COCC(C)C(=O)Nc1cccc(C(=O)O)c1. The molecule has 5 nitrogen and oxygen atoms in total. The Morgan fingerprint density at radius 1 is 1.47 bits per heavy atom. The lowest BCUT2D eigenvalue weighted by Gasteiger charge is -2.11. The molecule has 0 heterocycles. The molecular formula is C12H15NO4. The van der Waals surface area contributed by atoms with Crippen LogP contribution in [0.25, 0.3) is 0 Å². The van der Waals surface area contributed by atoms with Crippen LogP contribution in [0.4, 0.5) is 5.69 Å². The van der Waals surface area contributed by atoms with Crippen molar-refractivity contribution in [1.29, 1.82) is 0 Å². The predicted molar refractivity (Wildman–Crippen MR) is 63.1 cm³/mol. The first-order valence-corrected chi connectivity index (χ1v) is 5.17. The molecule has 0 fully saturated rings. The fourth-order valence-corrected chi connectivity index (χ4v) is 1.32. The van der Waals surface area contributed by atoms with E-state index in [0.717, 1.165) is 0 Å². The van der Waals surface area contributed by atoms with Crippen molar-refractivity contribution in [2.45, 2.75) is 6.92 Å². The van der Waals surface area contributed by atoms with Crippen LogP contribution in [-0.4, -0.2) is 30.7 Å². The first kappa shape index (κ1) is 13.2. The van der Waals surface area contributed by atoms with E-state index >= 15 is 0 Å². The standard InChI is InChI=1S/C12H15NO4/c1-8(7-17-2)11(14)13-10-5-3-4-9(6-10)12(15)16/h3-6,8H,7H2,1-2H3,(H,13,14)(H,15,16). The number of hydrogen-bond acceptors (Lipinski definition) is 3. The van der Waals surface area contributed by atoms with Crippen molar-refractivity contribution in [3.63, 3.8) is 0 Å². The molecule has 2 N–H and O–H groups in total. The quantitative estimate of drug-likeness (QED) is 0.815. The molecule has 0 aromatic heterocycles. The molecule has 1 unspecified atom stereocenters. The van der Waals surface area contributed by atoms with Crippen LogP contribution in [0.2, 0.25) is 0 Å². The number of ether oxygens (including phenoxy) is 1. The summed E-state index contributed by atoms with van der Waals surface area (Å²) in [5, 5.41) is 11.4. The number of carboxylic acids is 1. The summed E-state index contributed by atoms with van der Waals surface area (Å²) in [5.74, 6) is -1.51. The van der Waals surface area contributed by atoms with E-state index in [-0.39, 0.29) is 17.4 Å². The predicted octanol–water partition coefficient (Wildman–Crippen LogP) is 1.61. The zero-order valence-corrected chi connectivity index (χ0v) is 9.77. The van der Waals surface area contributed by atoms with Gasteiger partial charge in [0.1, 0.15) is 0 Å². The highest BCUT2D eigenvalue weighted by Crippen LogP contribution is 2.12. The summed E-state index contributed by atoms with van der Waals surface area (Å²) in [6.45, 7) is 2.06. The minimum atomic E-state index is -1.02. The molecule has 0 aliphatic heterocycles. The van der Waals surface area contributed by atoms with Crippen LogP contribution in [0.5, 0.6) is 0 Å². The summed E-state index contributed by atoms with van der Waals surface area (Å²) in [7, 11) is 1.52. The van der Waals surface area contributed by atoms with Crippen LogP contribution >= 0.6 is 0 Å². The van der Waals surface area contributed by atoms with Crippen molar-refractivity contribution in [3.05, 3.63) is 29.8 Å². The molecule has 0 aliphatic carbocycles. The topological polar surface area (TPSA) is 75.6 Å². The Morgan fingerprint density at radius 2 is 2.18 bits per heavy atom. The molecule has 1 atom stereocenters. The number of benzene rings is 1. The lowest BCUT2D eigenvalue weighted by atomic mass is 10.1. The maximum absolute atomic E-state index is 11.6. The van der Waals surface area contributed by atoms with E-state index in [1.165, 1.54) is 19.2 Å². The molecule has 0 saturated heterocycles. The minimum absolute atomic E-state index is 0.141. The van der Waals surface area contributed by atoms with Crippen molar-refractivity contribution in [1.82, 2.24) is 0 Å². The van der Waals surface area contributed by atoms with E-state index in [1.807, 2.05) is 0 Å². The van der Waals surface area contributed by atoms with Gasteiger partial charge in [0, 0.05) is 12.8 Å². The maximum atomic E-state index is 11.6. The zero-order chi connectivity index (χ0) is 12.8. The summed E-state index contributed by atoms with van der Waals surface area (Å²) >= 11 is 0. The molecule has 1 amide bonds. The molecule has 5 heteroatoms. The fourth-order valence-electron chi connectivity index (χ4n) is 1.32. The molecule has 17 heavy (non-hydrogen) atoms. The van der Waals surface area contributed by atoms with Crippen molar-refractivity contribution in [2.24, 2.45) is 5.92 Å². The number of aromatic carboxylic acids is 1. The Labute approximate surface area is 99.4 Å². The second kappa shape index (κ2) is 6.00. The molecule has 1 aromatic carbocycles. The summed E-state index contributed by atoms with van der Waals surface area (Å²) < 4.78 is 4.87. The highest BCUT2D eigenvalue weighted by atomic mass is 16.5. The van der Waals surface area contributed by atoms with Crippen molar-refractivity contribution < 1.29 is 19.4 Å².